The van der Waals surface area contributed by atoms with Gasteiger partial charge in [0, 0.05) is 65.7 Å². The minimum atomic E-state index is -0.982. The number of hydrogen-bond donors (Lipinski definition) is 3. The van der Waals surface area contributed by atoms with Crippen LogP contribution < -0.4 is 5.73 Å². The largest absolute Gasteiger partial charge is 0.464 e. The summed E-state index contributed by atoms with van der Waals surface area (Å²) in [4.78, 5) is 33.2. The number of nitrogens with one attached hydrogen (secondary N) is 1. The highest BCUT2D eigenvalue weighted by Gasteiger charge is 2.13. The second-order valence-corrected chi connectivity index (χ2v) is 7.89. The number of hydrogen-bond acceptors (Lipinski definition) is 4. The number of aromatic nitrogens is 4. The highest BCUT2D eigenvalue weighted by molar-refractivity contribution is 5.92. The zero-order valence-corrected chi connectivity index (χ0v) is 18.7. The Morgan fingerprint density at radius 2 is 1.91 bits per heavy atom. The number of H-pyrrole nitrogens is 1. The van der Waals surface area contributed by atoms with Gasteiger partial charge in [0.2, 0.25) is 5.91 Å². The van der Waals surface area contributed by atoms with Crippen LogP contribution in [0.2, 0.25) is 0 Å². The number of nitrogens with zero attached hydrogens (tertiary/aromatic N) is 3. The van der Waals surface area contributed by atoms with Crippen LogP contribution in [-0.4, -0.2) is 36.6 Å². The number of carboxylic acid groups (broad SMARTS) is 1. The Morgan fingerprint density at radius 3 is 2.59 bits per heavy atom. The van der Waals surface area contributed by atoms with Crippen LogP contribution >= 0.6 is 0 Å². The van der Waals surface area contributed by atoms with Gasteiger partial charge in [0.15, 0.2) is 0 Å². The van der Waals surface area contributed by atoms with Gasteiger partial charge in [-0.15, -0.1) is 0 Å². The van der Waals surface area contributed by atoms with Gasteiger partial charge in [0.25, 0.3) is 0 Å². The molecule has 0 radical (unpaired) electrons. The summed E-state index contributed by atoms with van der Waals surface area (Å²) in [5.74, 6) is -0.211. The molecule has 4 heterocycles. The summed E-state index contributed by atoms with van der Waals surface area (Å²) in [6.07, 6.45) is 10.0. The molecule has 0 bridgehead atoms. The molecule has 5 aromatic rings. The smallest absolute Gasteiger partial charge is 0.415 e. The van der Waals surface area contributed by atoms with Gasteiger partial charge in [-0.2, -0.15) is 0 Å². The monoisotopic (exact) mass is 455 g/mol. The van der Waals surface area contributed by atoms with E-state index in [1.54, 1.807) is 12.4 Å². The average Bonchev–Trinajstić information content (AvgIpc) is 3.45. The average molecular weight is 456 g/mol. The normalized spacial score (nSPS) is 10.7. The molecule has 0 saturated carbocycles. The van der Waals surface area contributed by atoms with E-state index >= 15 is 0 Å². The lowest BCUT2D eigenvalue weighted by molar-refractivity contribution is -0.118. The number of primary amides is 1. The van der Waals surface area contributed by atoms with Crippen LogP contribution in [-0.2, 0) is 11.2 Å². The lowest BCUT2D eigenvalue weighted by atomic mass is 10.0. The maximum absolute atomic E-state index is 11.4. The number of nitrogens with two attached hydrogens (primary N) is 1. The number of benzene rings is 1. The Kier molecular flexibility index (Phi) is 6.68. The van der Waals surface area contributed by atoms with Crippen LogP contribution in [0, 0.1) is 0 Å². The fourth-order valence-corrected chi connectivity index (χ4v) is 3.90. The van der Waals surface area contributed by atoms with Gasteiger partial charge in [-0.1, -0.05) is 25.1 Å². The molecule has 8 heteroatoms. The molecule has 0 aliphatic rings. The molecule has 1 amide bonds. The van der Waals surface area contributed by atoms with Crippen molar-refractivity contribution in [3.05, 3.63) is 84.6 Å². The summed E-state index contributed by atoms with van der Waals surface area (Å²) >= 11 is 0. The molecule has 34 heavy (non-hydrogen) atoms. The molecule has 8 nitrogen and oxygen atoms in total. The first kappa shape index (κ1) is 22.7. The summed E-state index contributed by atoms with van der Waals surface area (Å²) in [5.41, 5.74) is 10.5. The Bertz CT molecular complexity index is 1450. The maximum Gasteiger partial charge on any atom is 0.415 e. The summed E-state index contributed by atoms with van der Waals surface area (Å²) in [6.45, 7) is 1.92. The first-order chi connectivity index (χ1) is 16.5. The Morgan fingerprint density at radius 1 is 1.06 bits per heavy atom. The van der Waals surface area contributed by atoms with Crippen LogP contribution in [0.3, 0.4) is 0 Å². The van der Waals surface area contributed by atoms with Gasteiger partial charge in [0.05, 0.1) is 5.52 Å². The van der Waals surface area contributed by atoms with E-state index in [2.05, 4.69) is 21.0 Å². The molecule has 1 aromatic carbocycles. The van der Waals surface area contributed by atoms with Crippen molar-refractivity contribution in [3.8, 4) is 11.1 Å². The van der Waals surface area contributed by atoms with Crippen molar-refractivity contribution in [1.82, 2.24) is 19.5 Å². The fraction of sp³-hybridized carbons (Fsp3) is 0.154. The molecule has 0 aliphatic heterocycles. The molecule has 0 spiro atoms. The number of amides is 1. The molecule has 0 atom stereocenters. The number of rotatable bonds is 5. The topological polar surface area (TPSA) is 127 Å². The number of carbonyl (C=O) groups excluding carboxylic acids is 1. The zero-order valence-electron chi connectivity index (χ0n) is 18.7. The van der Waals surface area contributed by atoms with Gasteiger partial charge in [0.1, 0.15) is 5.65 Å². The van der Waals surface area contributed by atoms with Crippen molar-refractivity contribution in [2.45, 2.75) is 26.2 Å². The molecule has 5 rings (SSSR count). The third kappa shape index (κ3) is 4.80. The van der Waals surface area contributed by atoms with Crippen molar-refractivity contribution in [2.75, 3.05) is 0 Å². The minimum Gasteiger partial charge on any atom is -0.464 e. The quantitative estimate of drug-likeness (QED) is 0.345. The molecular formula is C26H25N5O3. The predicted molar refractivity (Wildman–Crippen MR) is 132 cm³/mol. The highest BCUT2D eigenvalue weighted by Crippen LogP contribution is 2.28. The highest BCUT2D eigenvalue weighted by atomic mass is 16.4. The Balaban J connectivity index is 0.000000408. The van der Waals surface area contributed by atoms with E-state index in [1.165, 1.54) is 4.57 Å². The van der Waals surface area contributed by atoms with Gasteiger partial charge < -0.3 is 15.8 Å². The number of fused-ring (bicyclic) bond motifs is 2. The molecule has 0 saturated heterocycles. The van der Waals surface area contributed by atoms with E-state index < -0.39 is 6.09 Å². The molecule has 0 fully saturated rings. The second kappa shape index (κ2) is 9.99. The van der Waals surface area contributed by atoms with Gasteiger partial charge in [-0.25, -0.2) is 9.78 Å². The van der Waals surface area contributed by atoms with Crippen LogP contribution in [0.1, 0.15) is 30.9 Å². The molecular weight excluding hydrogens is 430 g/mol. The number of carbonyl (C=O) groups is 2. The van der Waals surface area contributed by atoms with E-state index in [4.69, 9.17) is 5.73 Å². The van der Waals surface area contributed by atoms with Gasteiger partial charge in [-0.3, -0.25) is 14.3 Å². The summed E-state index contributed by atoms with van der Waals surface area (Å²) in [6, 6.07) is 13.6. The van der Waals surface area contributed by atoms with E-state index in [0.717, 1.165) is 45.1 Å². The van der Waals surface area contributed by atoms with Crippen LogP contribution in [0.4, 0.5) is 4.79 Å². The minimum absolute atomic E-state index is 0.211. The predicted octanol–water partition coefficient (Wildman–Crippen LogP) is 4.97. The lowest BCUT2D eigenvalue weighted by Crippen LogP contribution is -2.08. The van der Waals surface area contributed by atoms with Crippen molar-refractivity contribution in [2.24, 2.45) is 5.73 Å². The summed E-state index contributed by atoms with van der Waals surface area (Å²) in [5, 5.41) is 11.3. The van der Waals surface area contributed by atoms with Crippen LogP contribution in [0.25, 0.3) is 33.1 Å². The zero-order chi connectivity index (χ0) is 24.1. The number of pyridine rings is 2. The molecule has 0 unspecified atom stereocenters. The van der Waals surface area contributed by atoms with Crippen LogP contribution in [0.5, 0.6) is 0 Å². The lowest BCUT2D eigenvalue weighted by Gasteiger charge is -2.05. The van der Waals surface area contributed by atoms with Gasteiger partial charge >= 0.3 is 6.09 Å². The number of aromatic amines is 1. The maximum atomic E-state index is 11.4. The van der Waals surface area contributed by atoms with Crippen molar-refractivity contribution in [1.29, 1.82) is 0 Å². The third-order valence-electron chi connectivity index (χ3n) is 5.52. The molecule has 0 aliphatic carbocycles. The summed E-state index contributed by atoms with van der Waals surface area (Å²) in [7, 11) is 0. The van der Waals surface area contributed by atoms with Crippen molar-refractivity contribution >= 4 is 33.9 Å². The molecule has 4 aromatic heterocycles. The fourth-order valence-electron chi connectivity index (χ4n) is 3.90. The first-order valence-corrected chi connectivity index (χ1v) is 10.9. The summed E-state index contributed by atoms with van der Waals surface area (Å²) < 4.78 is 1.25. The van der Waals surface area contributed by atoms with Crippen molar-refractivity contribution in [3.63, 3.8) is 0 Å². The molecule has 4 N–H and O–H groups in total. The van der Waals surface area contributed by atoms with E-state index in [1.807, 2.05) is 61.9 Å². The second-order valence-electron chi connectivity index (χ2n) is 7.89. The van der Waals surface area contributed by atoms with Gasteiger partial charge in [-0.05, 0) is 41.8 Å². The Labute approximate surface area is 196 Å². The SMILES string of the molecule is CCCC(N)=O.O=C(O)n1ccc2c(Cc3c[nH]c4ncc(-c5cccnc5)cc34)cccc21. The Hall–Kier alpha value is -4.46. The van der Waals surface area contributed by atoms with E-state index in [-0.39, 0.29) is 5.91 Å². The molecule has 172 valence electrons. The van der Waals surface area contributed by atoms with E-state index in [9.17, 15) is 14.7 Å². The standard InChI is InChI=1S/C22H16N4O2.C4H9NO/c27-22(28)26-8-6-18-14(3-1-5-20(18)26)9-17-13-25-21-19(17)10-16(12-24-21)15-4-2-7-23-11-15;1-2-3-4(5)6/h1-8,10-13H,9H2,(H,24,25)(H,27,28);2-3H2,1H3,(H2,5,6). The van der Waals surface area contributed by atoms with Crippen molar-refractivity contribution < 1.29 is 14.7 Å². The van der Waals surface area contributed by atoms with Crippen LogP contribution in [0.15, 0.2) is 73.4 Å². The first-order valence-electron chi connectivity index (χ1n) is 10.9. The van der Waals surface area contributed by atoms with E-state index in [0.29, 0.717) is 18.4 Å². The third-order valence-corrected chi connectivity index (χ3v) is 5.52.